The molecule has 0 atom stereocenters. The van der Waals surface area contributed by atoms with E-state index in [1.165, 1.54) is 6.07 Å². The minimum absolute atomic E-state index is 0.202. The molecule has 4 nitrogen and oxygen atoms in total. The second kappa shape index (κ2) is 3.88. The van der Waals surface area contributed by atoms with Crippen LogP contribution in [0.5, 0.6) is 0 Å². The zero-order chi connectivity index (χ0) is 13.6. The van der Waals surface area contributed by atoms with Crippen LogP contribution in [-0.2, 0) is 0 Å². The van der Waals surface area contributed by atoms with E-state index < -0.39 is 11.9 Å². The number of benzene rings is 3. The van der Waals surface area contributed by atoms with Gasteiger partial charge in [-0.3, -0.25) is 0 Å². The van der Waals surface area contributed by atoms with E-state index in [0.29, 0.717) is 16.0 Å². The minimum atomic E-state index is -1.00. The smallest absolute Gasteiger partial charge is 0.336 e. The summed E-state index contributed by atoms with van der Waals surface area (Å²) in [4.78, 5) is 11.2. The van der Waals surface area contributed by atoms with Gasteiger partial charge in [-0.1, -0.05) is 30.3 Å². The lowest BCUT2D eigenvalue weighted by atomic mass is 9.96. The van der Waals surface area contributed by atoms with Crippen molar-refractivity contribution in [1.82, 2.24) is 0 Å². The molecule has 0 spiro atoms. The summed E-state index contributed by atoms with van der Waals surface area (Å²) in [6, 6.07) is 11.8. The number of hydrogen-bond donors (Lipinski definition) is 3. The van der Waals surface area contributed by atoms with Gasteiger partial charge in [-0.05, 0) is 33.7 Å². The van der Waals surface area contributed by atoms with Crippen LogP contribution in [0.3, 0.4) is 0 Å². The van der Waals surface area contributed by atoms with Crippen LogP contribution in [0.4, 0.5) is 0 Å². The van der Waals surface area contributed by atoms with Crippen LogP contribution in [0, 0.1) is 0 Å². The maximum atomic E-state index is 11.2. The first-order chi connectivity index (χ1) is 9.09. The molecule has 3 aromatic rings. The molecule has 0 aromatic heterocycles. The van der Waals surface area contributed by atoms with E-state index in [4.69, 9.17) is 0 Å². The first-order valence-electron chi connectivity index (χ1n) is 5.69. The van der Waals surface area contributed by atoms with E-state index >= 15 is 0 Å². The van der Waals surface area contributed by atoms with Gasteiger partial charge in [0, 0.05) is 0 Å². The third-order valence-electron chi connectivity index (χ3n) is 3.26. The number of carbonyl (C=O) groups is 1. The zero-order valence-electron chi connectivity index (χ0n) is 9.79. The average Bonchev–Trinajstić information content (AvgIpc) is 2.39. The van der Waals surface area contributed by atoms with Crippen LogP contribution in [0.2, 0.25) is 0 Å². The zero-order valence-corrected chi connectivity index (χ0v) is 9.79. The first-order valence-corrected chi connectivity index (χ1v) is 5.69. The summed E-state index contributed by atoms with van der Waals surface area (Å²) in [6.07, 6.45) is 0. The number of hydrogen-bond acceptors (Lipinski definition) is 3. The molecule has 0 aliphatic heterocycles. The van der Waals surface area contributed by atoms with Crippen molar-refractivity contribution in [2.24, 2.45) is 0 Å². The topological polar surface area (TPSA) is 77.8 Å². The number of aromatic carboxylic acids is 1. The van der Waals surface area contributed by atoms with Crippen LogP contribution >= 0.6 is 0 Å². The number of carboxylic acid groups (broad SMARTS) is 1. The van der Waals surface area contributed by atoms with Gasteiger partial charge < -0.3 is 15.3 Å². The summed E-state index contributed by atoms with van der Waals surface area (Å²) in [6.45, 7) is 0. The highest BCUT2D eigenvalue weighted by atomic mass is 16.5. The molecular formula is C15H10O4. The standard InChI is InChI=1S/C15H10O4/c16-14(17)11-5-4-8-2-1-3-9-12(15(18)19)7-6-10(11)13(8)9/h1-7,16-17H,(H,18,19). The Labute approximate surface area is 107 Å². The highest BCUT2D eigenvalue weighted by molar-refractivity contribution is 6.16. The summed E-state index contributed by atoms with van der Waals surface area (Å²) in [5, 5.41) is 30.9. The van der Waals surface area contributed by atoms with Crippen molar-refractivity contribution in [2.45, 2.75) is 0 Å². The molecule has 3 N–H and O–H groups in total. The predicted molar refractivity (Wildman–Crippen MR) is 72.3 cm³/mol. The monoisotopic (exact) mass is 254 g/mol. The molecule has 0 bridgehead atoms. The second-order valence-electron chi connectivity index (χ2n) is 4.31. The molecular weight excluding hydrogens is 244 g/mol. The fourth-order valence-corrected chi connectivity index (χ4v) is 2.44. The number of rotatable bonds is 1. The second-order valence-corrected chi connectivity index (χ2v) is 4.31. The lowest BCUT2D eigenvalue weighted by Crippen LogP contribution is -2.08. The van der Waals surface area contributed by atoms with E-state index in [1.807, 2.05) is 6.07 Å². The van der Waals surface area contributed by atoms with E-state index in [1.54, 1.807) is 30.3 Å². The summed E-state index contributed by atoms with van der Waals surface area (Å²) in [5.74, 6) is -1.77. The lowest BCUT2D eigenvalue weighted by Gasteiger charge is -2.08. The molecule has 3 aromatic carbocycles. The first kappa shape index (κ1) is 11.3. The molecule has 0 unspecified atom stereocenters. The number of aliphatic hydroxyl groups is 2. The molecule has 0 saturated heterocycles. The van der Waals surface area contributed by atoms with E-state index in [-0.39, 0.29) is 5.56 Å². The van der Waals surface area contributed by atoms with Crippen LogP contribution in [-0.4, -0.2) is 21.3 Å². The molecule has 0 fully saturated rings. The molecule has 3 rings (SSSR count). The van der Waals surface area contributed by atoms with E-state index in [2.05, 4.69) is 0 Å². The Morgan fingerprint density at radius 2 is 1.63 bits per heavy atom. The van der Waals surface area contributed by atoms with Crippen molar-refractivity contribution >= 4 is 33.5 Å². The Bertz CT molecular complexity index is 861. The Morgan fingerprint density at radius 1 is 0.842 bits per heavy atom. The SMILES string of the molecule is O=C(O)c1ccc2c(=C(O)O)ccc3cccc1c32. The third kappa shape index (κ3) is 1.57. The molecule has 94 valence electrons. The summed E-state index contributed by atoms with van der Waals surface area (Å²) in [7, 11) is 0. The fraction of sp³-hybridized carbons (Fsp3) is 0. The quantitative estimate of drug-likeness (QED) is 0.623. The van der Waals surface area contributed by atoms with Gasteiger partial charge in [-0.2, -0.15) is 0 Å². The van der Waals surface area contributed by atoms with Gasteiger partial charge in [0.05, 0.1) is 10.8 Å². The van der Waals surface area contributed by atoms with Crippen molar-refractivity contribution in [3.63, 3.8) is 0 Å². The Morgan fingerprint density at radius 3 is 2.32 bits per heavy atom. The summed E-state index contributed by atoms with van der Waals surface area (Å²) >= 11 is 0. The maximum Gasteiger partial charge on any atom is 0.336 e. The Balaban J connectivity index is 2.66. The van der Waals surface area contributed by atoms with Gasteiger partial charge >= 0.3 is 5.97 Å². The lowest BCUT2D eigenvalue weighted by molar-refractivity contribution is 0.0699. The largest absolute Gasteiger partial charge is 0.481 e. The Hall–Kier alpha value is -2.75. The highest BCUT2D eigenvalue weighted by Crippen LogP contribution is 2.27. The van der Waals surface area contributed by atoms with E-state index in [0.717, 1.165) is 10.8 Å². The fourth-order valence-electron chi connectivity index (χ4n) is 2.44. The average molecular weight is 254 g/mol. The van der Waals surface area contributed by atoms with Crippen molar-refractivity contribution in [3.8, 4) is 0 Å². The molecule has 0 heterocycles. The van der Waals surface area contributed by atoms with Gasteiger partial charge in [0.15, 0.2) is 0 Å². The minimum Gasteiger partial charge on any atom is -0.481 e. The molecule has 0 amide bonds. The number of aliphatic hydroxyl groups excluding tert-OH is 1. The Kier molecular flexibility index (Phi) is 2.32. The van der Waals surface area contributed by atoms with Crippen LogP contribution < -0.4 is 5.22 Å². The molecule has 4 heteroatoms. The van der Waals surface area contributed by atoms with Crippen molar-refractivity contribution < 1.29 is 20.1 Å². The van der Waals surface area contributed by atoms with Gasteiger partial charge in [0.1, 0.15) is 0 Å². The molecule has 0 aliphatic rings. The molecule has 0 aliphatic carbocycles. The molecule has 0 radical (unpaired) electrons. The normalized spacial score (nSPS) is 10.9. The van der Waals surface area contributed by atoms with Gasteiger partial charge in [-0.15, -0.1) is 0 Å². The van der Waals surface area contributed by atoms with Crippen LogP contribution in [0.1, 0.15) is 10.4 Å². The van der Waals surface area contributed by atoms with Crippen LogP contribution in [0.25, 0.3) is 27.5 Å². The summed E-state index contributed by atoms with van der Waals surface area (Å²) in [5.41, 5.74) is 0.202. The molecule has 19 heavy (non-hydrogen) atoms. The van der Waals surface area contributed by atoms with Gasteiger partial charge in [0.2, 0.25) is 0 Å². The highest BCUT2D eigenvalue weighted by Gasteiger charge is 2.12. The third-order valence-corrected chi connectivity index (χ3v) is 3.26. The number of carboxylic acids is 1. The van der Waals surface area contributed by atoms with Crippen molar-refractivity contribution in [1.29, 1.82) is 0 Å². The predicted octanol–water partition coefficient (Wildman–Crippen LogP) is 2.59. The molecule has 0 saturated carbocycles. The van der Waals surface area contributed by atoms with Gasteiger partial charge in [-0.25, -0.2) is 4.79 Å². The van der Waals surface area contributed by atoms with E-state index in [9.17, 15) is 20.1 Å². The van der Waals surface area contributed by atoms with Gasteiger partial charge in [0.25, 0.3) is 5.95 Å². The summed E-state index contributed by atoms with van der Waals surface area (Å²) < 4.78 is 0. The van der Waals surface area contributed by atoms with Crippen molar-refractivity contribution in [3.05, 3.63) is 53.2 Å². The van der Waals surface area contributed by atoms with Crippen molar-refractivity contribution in [2.75, 3.05) is 0 Å². The van der Waals surface area contributed by atoms with Crippen LogP contribution in [0.15, 0.2) is 42.5 Å². The maximum absolute atomic E-state index is 11.2.